The minimum absolute atomic E-state index is 0.0218. The molecule has 20 heavy (non-hydrogen) atoms. The van der Waals surface area contributed by atoms with Crippen molar-refractivity contribution in [3.8, 4) is 0 Å². The highest BCUT2D eigenvalue weighted by Crippen LogP contribution is 2.08. The summed E-state index contributed by atoms with van der Waals surface area (Å²) < 4.78 is 5.09. The molecule has 1 aromatic heterocycles. The number of nitrogens with two attached hydrogens (primary N) is 1. The molecule has 5 nitrogen and oxygen atoms in total. The van der Waals surface area contributed by atoms with Crippen LogP contribution in [0.5, 0.6) is 0 Å². The molecule has 0 aliphatic rings. The molecule has 0 fully saturated rings. The number of primary amides is 1. The molecule has 0 saturated carbocycles. The molecule has 1 heterocycles. The summed E-state index contributed by atoms with van der Waals surface area (Å²) in [5.41, 5.74) is 6.63. The second-order valence-corrected chi connectivity index (χ2v) is 4.26. The van der Waals surface area contributed by atoms with Gasteiger partial charge in [-0.3, -0.25) is 9.59 Å². The highest BCUT2D eigenvalue weighted by Gasteiger charge is 2.12. The molecule has 2 amide bonds. The SMILES string of the molecule is Cc1cccc(C(=O)N/C(=C\c2ccco2)C(N)=O)c1. The van der Waals surface area contributed by atoms with Crippen molar-refractivity contribution in [3.05, 3.63) is 65.2 Å². The first-order valence-electron chi connectivity index (χ1n) is 5.99. The van der Waals surface area contributed by atoms with Crippen LogP contribution in [0.1, 0.15) is 21.7 Å². The smallest absolute Gasteiger partial charge is 0.265 e. The van der Waals surface area contributed by atoms with E-state index in [2.05, 4.69) is 5.32 Å². The summed E-state index contributed by atoms with van der Waals surface area (Å²) in [5.74, 6) is -0.698. The third-order valence-corrected chi connectivity index (χ3v) is 2.62. The number of benzene rings is 1. The zero-order valence-electron chi connectivity index (χ0n) is 10.9. The van der Waals surface area contributed by atoms with E-state index in [1.165, 1.54) is 12.3 Å². The number of carbonyl (C=O) groups excluding carboxylic acids is 2. The average Bonchev–Trinajstić information content (AvgIpc) is 2.90. The van der Waals surface area contributed by atoms with Gasteiger partial charge in [0.15, 0.2) is 0 Å². The van der Waals surface area contributed by atoms with E-state index in [9.17, 15) is 9.59 Å². The lowest BCUT2D eigenvalue weighted by Crippen LogP contribution is -2.31. The Morgan fingerprint density at radius 2 is 2.05 bits per heavy atom. The highest BCUT2D eigenvalue weighted by atomic mass is 16.3. The number of rotatable bonds is 4. The summed E-state index contributed by atoms with van der Waals surface area (Å²) in [7, 11) is 0. The fourth-order valence-electron chi connectivity index (χ4n) is 1.67. The monoisotopic (exact) mass is 270 g/mol. The van der Waals surface area contributed by atoms with Gasteiger partial charge < -0.3 is 15.5 Å². The number of hydrogen-bond acceptors (Lipinski definition) is 3. The van der Waals surface area contributed by atoms with Crippen molar-refractivity contribution in [3.63, 3.8) is 0 Å². The minimum Gasteiger partial charge on any atom is -0.465 e. The van der Waals surface area contributed by atoms with Gasteiger partial charge in [-0.2, -0.15) is 0 Å². The molecule has 0 aliphatic carbocycles. The van der Waals surface area contributed by atoms with E-state index in [0.29, 0.717) is 11.3 Å². The van der Waals surface area contributed by atoms with Gasteiger partial charge in [0.2, 0.25) is 0 Å². The Morgan fingerprint density at radius 1 is 1.25 bits per heavy atom. The second kappa shape index (κ2) is 5.88. The van der Waals surface area contributed by atoms with Crippen LogP contribution in [-0.4, -0.2) is 11.8 Å². The van der Waals surface area contributed by atoms with Crippen LogP contribution in [0, 0.1) is 6.92 Å². The van der Waals surface area contributed by atoms with Gasteiger partial charge >= 0.3 is 0 Å². The molecule has 0 aliphatic heterocycles. The molecule has 0 atom stereocenters. The van der Waals surface area contributed by atoms with Crippen molar-refractivity contribution >= 4 is 17.9 Å². The van der Waals surface area contributed by atoms with Crippen LogP contribution in [-0.2, 0) is 4.79 Å². The van der Waals surface area contributed by atoms with Crippen molar-refractivity contribution in [2.24, 2.45) is 5.73 Å². The lowest BCUT2D eigenvalue weighted by molar-refractivity contribution is -0.114. The second-order valence-electron chi connectivity index (χ2n) is 4.26. The predicted octanol–water partition coefficient (Wildman–Crippen LogP) is 1.84. The molecule has 2 aromatic rings. The number of furan rings is 1. The van der Waals surface area contributed by atoms with Gasteiger partial charge in [-0.1, -0.05) is 17.7 Å². The topological polar surface area (TPSA) is 85.3 Å². The molecule has 0 radical (unpaired) electrons. The fourth-order valence-corrected chi connectivity index (χ4v) is 1.67. The van der Waals surface area contributed by atoms with Gasteiger partial charge in [0, 0.05) is 11.6 Å². The number of nitrogens with one attached hydrogen (secondary N) is 1. The average molecular weight is 270 g/mol. The largest absolute Gasteiger partial charge is 0.465 e. The van der Waals surface area contributed by atoms with E-state index in [1.54, 1.807) is 30.3 Å². The van der Waals surface area contributed by atoms with Gasteiger partial charge in [0.05, 0.1) is 6.26 Å². The Morgan fingerprint density at radius 3 is 2.65 bits per heavy atom. The molecule has 2 rings (SSSR count). The van der Waals surface area contributed by atoms with Crippen LogP contribution in [0.3, 0.4) is 0 Å². The molecule has 3 N–H and O–H groups in total. The highest BCUT2D eigenvalue weighted by molar-refractivity contribution is 6.04. The molecule has 0 unspecified atom stereocenters. The van der Waals surface area contributed by atoms with E-state index >= 15 is 0 Å². The molecule has 1 aromatic carbocycles. The summed E-state index contributed by atoms with van der Waals surface area (Å²) in [6.07, 6.45) is 2.85. The Hall–Kier alpha value is -2.82. The van der Waals surface area contributed by atoms with Crippen molar-refractivity contribution in [2.45, 2.75) is 6.92 Å². The van der Waals surface area contributed by atoms with Crippen molar-refractivity contribution in [2.75, 3.05) is 0 Å². The summed E-state index contributed by atoms with van der Waals surface area (Å²) in [6, 6.07) is 10.4. The molecule has 102 valence electrons. The molecular formula is C15H14N2O3. The first kappa shape index (κ1) is 13.6. The van der Waals surface area contributed by atoms with Crippen LogP contribution in [0.25, 0.3) is 6.08 Å². The number of carbonyl (C=O) groups is 2. The maximum atomic E-state index is 12.0. The third-order valence-electron chi connectivity index (χ3n) is 2.62. The summed E-state index contributed by atoms with van der Waals surface area (Å²) in [5, 5.41) is 2.49. The van der Waals surface area contributed by atoms with Crippen LogP contribution >= 0.6 is 0 Å². The minimum atomic E-state index is -0.734. The van der Waals surface area contributed by atoms with Crippen LogP contribution < -0.4 is 11.1 Å². The Balaban J connectivity index is 2.21. The maximum absolute atomic E-state index is 12.0. The molecule has 0 saturated heterocycles. The Labute approximate surface area is 116 Å². The quantitative estimate of drug-likeness (QED) is 0.831. The first-order chi connectivity index (χ1) is 9.56. The van der Waals surface area contributed by atoms with Crippen molar-refractivity contribution < 1.29 is 14.0 Å². The lowest BCUT2D eigenvalue weighted by atomic mass is 10.1. The number of amides is 2. The van der Waals surface area contributed by atoms with Crippen LogP contribution in [0.2, 0.25) is 0 Å². The van der Waals surface area contributed by atoms with Crippen molar-refractivity contribution in [1.82, 2.24) is 5.32 Å². The first-order valence-corrected chi connectivity index (χ1v) is 5.99. The zero-order valence-corrected chi connectivity index (χ0v) is 10.9. The summed E-state index contributed by atoms with van der Waals surface area (Å²) in [4.78, 5) is 23.4. The summed E-state index contributed by atoms with van der Waals surface area (Å²) >= 11 is 0. The van der Waals surface area contributed by atoms with Gasteiger partial charge in [-0.05, 0) is 31.2 Å². The van der Waals surface area contributed by atoms with Crippen LogP contribution in [0.4, 0.5) is 0 Å². The molecule has 0 spiro atoms. The molecule has 5 heteroatoms. The molecular weight excluding hydrogens is 256 g/mol. The van der Waals surface area contributed by atoms with E-state index < -0.39 is 11.8 Å². The maximum Gasteiger partial charge on any atom is 0.265 e. The zero-order chi connectivity index (χ0) is 14.5. The normalized spacial score (nSPS) is 11.2. The standard InChI is InChI=1S/C15H14N2O3/c1-10-4-2-5-11(8-10)15(19)17-13(14(16)18)9-12-6-3-7-20-12/h2-9H,1H3,(H2,16,18)(H,17,19)/b13-9-. The van der Waals surface area contributed by atoms with E-state index in [1.807, 2.05) is 13.0 Å². The Kier molecular flexibility index (Phi) is 4.00. The Bertz CT molecular complexity index is 658. The molecule has 0 bridgehead atoms. The number of hydrogen-bond donors (Lipinski definition) is 2. The van der Waals surface area contributed by atoms with Gasteiger partial charge in [0.25, 0.3) is 11.8 Å². The van der Waals surface area contributed by atoms with Gasteiger partial charge in [-0.25, -0.2) is 0 Å². The van der Waals surface area contributed by atoms with E-state index in [0.717, 1.165) is 5.56 Å². The predicted molar refractivity (Wildman–Crippen MR) is 74.5 cm³/mol. The fraction of sp³-hybridized carbons (Fsp3) is 0.0667. The van der Waals surface area contributed by atoms with E-state index in [-0.39, 0.29) is 5.70 Å². The summed E-state index contributed by atoms with van der Waals surface area (Å²) in [6.45, 7) is 1.88. The lowest BCUT2D eigenvalue weighted by Gasteiger charge is -2.06. The van der Waals surface area contributed by atoms with Crippen molar-refractivity contribution in [1.29, 1.82) is 0 Å². The number of aryl methyl sites for hydroxylation is 1. The third kappa shape index (κ3) is 3.35. The van der Waals surface area contributed by atoms with E-state index in [4.69, 9.17) is 10.2 Å². The van der Waals surface area contributed by atoms with Gasteiger partial charge in [-0.15, -0.1) is 0 Å². The van der Waals surface area contributed by atoms with Gasteiger partial charge in [0.1, 0.15) is 11.5 Å². The van der Waals surface area contributed by atoms with Crippen LogP contribution in [0.15, 0.2) is 52.8 Å².